The lowest BCUT2D eigenvalue weighted by atomic mass is 10.1. The van der Waals surface area contributed by atoms with Crippen molar-refractivity contribution in [1.82, 2.24) is 14.9 Å². The third kappa shape index (κ3) is 7.46. The third-order valence-electron chi connectivity index (χ3n) is 6.81. The second-order valence-electron chi connectivity index (χ2n) is 9.52. The van der Waals surface area contributed by atoms with Crippen molar-refractivity contribution in [1.29, 1.82) is 0 Å². The van der Waals surface area contributed by atoms with Crippen molar-refractivity contribution >= 4 is 16.9 Å². The van der Waals surface area contributed by atoms with Crippen LogP contribution in [0.4, 0.5) is 0 Å². The Morgan fingerprint density at radius 2 is 1.55 bits per heavy atom. The number of methoxy groups -OCH3 is 3. The normalized spacial score (nSPS) is 10.9. The third-order valence-corrected chi connectivity index (χ3v) is 6.81. The molecule has 0 aliphatic heterocycles. The Morgan fingerprint density at radius 3 is 2.27 bits per heavy atom. The number of aryl methyl sites for hydroxylation is 2. The maximum Gasteiger partial charge on any atom is 0.251 e. The average molecular weight is 546 g/mol. The van der Waals surface area contributed by atoms with Crippen molar-refractivity contribution in [2.75, 3.05) is 34.5 Å². The maximum atomic E-state index is 12.7. The molecule has 0 saturated carbocycles. The number of fused-ring (bicyclic) bond motifs is 1. The zero-order valence-corrected chi connectivity index (χ0v) is 23.7. The standard InChI is InChI=1S/C32H39N3O5/c1-37-28-22-24(23-29(38-2)31(28)39-3)32(36)33-19-11-5-8-18-30-34-26-16-9-10-17-27(26)35(30)20-12-13-21-40-25-14-6-4-7-15-25/h4,6-7,9-10,14-17,22-23H,5,8,11-13,18-21H2,1-3H3,(H,33,36). The number of ether oxygens (including phenoxy) is 4. The summed E-state index contributed by atoms with van der Waals surface area (Å²) >= 11 is 0. The molecule has 1 amide bonds. The number of hydrogen-bond donors (Lipinski definition) is 1. The first-order chi connectivity index (χ1) is 19.6. The summed E-state index contributed by atoms with van der Waals surface area (Å²) in [5.41, 5.74) is 2.69. The molecule has 8 heteroatoms. The molecule has 8 nitrogen and oxygen atoms in total. The molecule has 0 aliphatic rings. The van der Waals surface area contributed by atoms with Crippen molar-refractivity contribution in [2.24, 2.45) is 0 Å². The van der Waals surface area contributed by atoms with E-state index in [4.69, 9.17) is 23.9 Å². The van der Waals surface area contributed by atoms with E-state index in [2.05, 4.69) is 28.1 Å². The number of nitrogens with zero attached hydrogens (tertiary/aromatic N) is 2. The fourth-order valence-electron chi connectivity index (χ4n) is 4.75. The van der Waals surface area contributed by atoms with Gasteiger partial charge in [0, 0.05) is 25.1 Å². The molecule has 0 saturated heterocycles. The van der Waals surface area contributed by atoms with Gasteiger partial charge in [-0.15, -0.1) is 0 Å². The van der Waals surface area contributed by atoms with Crippen molar-refractivity contribution in [2.45, 2.75) is 45.1 Å². The van der Waals surface area contributed by atoms with Gasteiger partial charge in [0.15, 0.2) is 11.5 Å². The van der Waals surface area contributed by atoms with E-state index in [9.17, 15) is 4.79 Å². The molecule has 0 aliphatic carbocycles. The minimum absolute atomic E-state index is 0.169. The van der Waals surface area contributed by atoms with Gasteiger partial charge < -0.3 is 28.8 Å². The van der Waals surface area contributed by atoms with E-state index in [1.165, 1.54) is 26.8 Å². The van der Waals surface area contributed by atoms with Crippen LogP contribution in [0.25, 0.3) is 11.0 Å². The highest BCUT2D eigenvalue weighted by molar-refractivity contribution is 5.95. The predicted octanol–water partition coefficient (Wildman–Crippen LogP) is 6.06. The lowest BCUT2D eigenvalue weighted by molar-refractivity contribution is 0.0952. The van der Waals surface area contributed by atoms with Crippen LogP contribution in [0.2, 0.25) is 0 Å². The van der Waals surface area contributed by atoms with Gasteiger partial charge in [0.25, 0.3) is 5.91 Å². The Morgan fingerprint density at radius 1 is 0.825 bits per heavy atom. The minimum Gasteiger partial charge on any atom is -0.494 e. The SMILES string of the molecule is COc1cc(C(=O)NCCCCCc2nc3ccccc3n2CCCCOc2ccccc2)cc(OC)c1OC. The van der Waals surface area contributed by atoms with Gasteiger partial charge in [0.05, 0.1) is 39.0 Å². The second-order valence-corrected chi connectivity index (χ2v) is 9.52. The fourth-order valence-corrected chi connectivity index (χ4v) is 4.75. The Hall–Kier alpha value is -4.20. The van der Waals surface area contributed by atoms with Crippen LogP contribution in [0.1, 0.15) is 48.3 Å². The number of para-hydroxylation sites is 3. The molecular formula is C32H39N3O5. The molecule has 0 fully saturated rings. The molecule has 1 aromatic heterocycles. The highest BCUT2D eigenvalue weighted by Gasteiger charge is 2.17. The van der Waals surface area contributed by atoms with E-state index in [0.29, 0.717) is 36.0 Å². The van der Waals surface area contributed by atoms with E-state index >= 15 is 0 Å². The summed E-state index contributed by atoms with van der Waals surface area (Å²) in [6, 6.07) is 21.6. The lowest BCUT2D eigenvalue weighted by Gasteiger charge is -2.14. The molecule has 0 radical (unpaired) electrons. The minimum atomic E-state index is -0.169. The van der Waals surface area contributed by atoms with Crippen LogP contribution in [-0.4, -0.2) is 49.9 Å². The predicted molar refractivity (Wildman–Crippen MR) is 157 cm³/mol. The van der Waals surface area contributed by atoms with Gasteiger partial charge >= 0.3 is 0 Å². The number of imidazole rings is 1. The number of carbonyl (C=O) groups excluding carboxylic acids is 1. The fraction of sp³-hybridized carbons (Fsp3) is 0.375. The van der Waals surface area contributed by atoms with Crippen LogP contribution in [0.15, 0.2) is 66.7 Å². The van der Waals surface area contributed by atoms with Crippen LogP contribution in [-0.2, 0) is 13.0 Å². The molecule has 1 N–H and O–H groups in total. The van der Waals surface area contributed by atoms with E-state index in [0.717, 1.165) is 62.2 Å². The maximum absolute atomic E-state index is 12.7. The summed E-state index contributed by atoms with van der Waals surface area (Å²) in [5.74, 6) is 3.24. The quantitative estimate of drug-likeness (QED) is 0.172. The van der Waals surface area contributed by atoms with Crippen LogP contribution in [0, 0.1) is 0 Å². The van der Waals surface area contributed by atoms with E-state index in [1.54, 1.807) is 12.1 Å². The topological polar surface area (TPSA) is 83.8 Å². The first-order valence-corrected chi connectivity index (χ1v) is 13.8. The molecule has 1 heterocycles. The van der Waals surface area contributed by atoms with Crippen LogP contribution in [0.5, 0.6) is 23.0 Å². The number of carbonyl (C=O) groups is 1. The first kappa shape index (κ1) is 28.8. The van der Waals surface area contributed by atoms with Crippen molar-refractivity contribution in [3.05, 3.63) is 78.1 Å². The first-order valence-electron chi connectivity index (χ1n) is 13.8. The molecule has 0 spiro atoms. The number of nitrogens with one attached hydrogen (secondary N) is 1. The lowest BCUT2D eigenvalue weighted by Crippen LogP contribution is -2.24. The number of amides is 1. The number of rotatable bonds is 16. The number of aromatic nitrogens is 2. The van der Waals surface area contributed by atoms with Gasteiger partial charge in [-0.3, -0.25) is 4.79 Å². The van der Waals surface area contributed by atoms with Gasteiger partial charge in [-0.1, -0.05) is 36.8 Å². The number of hydrogen-bond acceptors (Lipinski definition) is 6. The second kappa shape index (κ2) is 14.8. The van der Waals surface area contributed by atoms with Gasteiger partial charge in [-0.25, -0.2) is 4.98 Å². The van der Waals surface area contributed by atoms with Crippen molar-refractivity contribution in [3.63, 3.8) is 0 Å². The van der Waals surface area contributed by atoms with E-state index in [1.807, 2.05) is 36.4 Å². The summed E-state index contributed by atoms with van der Waals surface area (Å²) < 4.78 is 24.3. The summed E-state index contributed by atoms with van der Waals surface area (Å²) in [5, 5.41) is 3.00. The molecule has 0 unspecified atom stereocenters. The van der Waals surface area contributed by atoms with Gasteiger partial charge in [0.2, 0.25) is 5.75 Å². The van der Waals surface area contributed by atoms with Crippen LogP contribution >= 0.6 is 0 Å². The Kier molecular flexibility index (Phi) is 10.7. The largest absolute Gasteiger partial charge is 0.494 e. The van der Waals surface area contributed by atoms with Crippen molar-refractivity contribution < 1.29 is 23.7 Å². The molecule has 0 bridgehead atoms. The molecule has 4 aromatic rings. The van der Waals surface area contributed by atoms with Crippen molar-refractivity contribution in [3.8, 4) is 23.0 Å². The summed E-state index contributed by atoms with van der Waals surface area (Å²) in [4.78, 5) is 17.6. The van der Waals surface area contributed by atoms with Crippen LogP contribution in [0.3, 0.4) is 0 Å². The Bertz CT molecular complexity index is 1340. The van der Waals surface area contributed by atoms with E-state index in [-0.39, 0.29) is 5.91 Å². The zero-order chi connectivity index (χ0) is 28.2. The average Bonchev–Trinajstić information content (AvgIpc) is 3.35. The summed E-state index contributed by atoms with van der Waals surface area (Å²) in [6.07, 6.45) is 5.77. The molecule has 3 aromatic carbocycles. The molecule has 40 heavy (non-hydrogen) atoms. The van der Waals surface area contributed by atoms with Gasteiger partial charge in [-0.05, 0) is 62.1 Å². The summed E-state index contributed by atoms with van der Waals surface area (Å²) in [7, 11) is 4.61. The monoisotopic (exact) mass is 545 g/mol. The molecule has 4 rings (SSSR count). The van der Waals surface area contributed by atoms with E-state index < -0.39 is 0 Å². The Balaban J connectivity index is 1.23. The highest BCUT2D eigenvalue weighted by Crippen LogP contribution is 2.38. The Labute approximate surface area is 236 Å². The highest BCUT2D eigenvalue weighted by atomic mass is 16.5. The zero-order valence-electron chi connectivity index (χ0n) is 23.7. The molecule has 212 valence electrons. The van der Waals surface area contributed by atoms with Crippen LogP contribution < -0.4 is 24.3 Å². The summed E-state index contributed by atoms with van der Waals surface area (Å²) in [6.45, 7) is 2.21. The smallest absolute Gasteiger partial charge is 0.251 e. The number of unbranched alkanes of at least 4 members (excludes halogenated alkanes) is 3. The van der Waals surface area contributed by atoms with Gasteiger partial charge in [0.1, 0.15) is 11.6 Å². The van der Waals surface area contributed by atoms with Gasteiger partial charge in [-0.2, -0.15) is 0 Å². The number of benzene rings is 3. The molecule has 0 atom stereocenters. The molecular weight excluding hydrogens is 506 g/mol.